The minimum Gasteiger partial charge on any atom is -0.488 e. The monoisotopic (exact) mass is 280 g/mol. The van der Waals surface area contributed by atoms with E-state index in [4.69, 9.17) is 4.74 Å². The molecule has 2 heteroatoms. The lowest BCUT2D eigenvalue weighted by atomic mass is 10.1. The van der Waals surface area contributed by atoms with Crippen molar-refractivity contribution < 1.29 is 9.53 Å². The Labute approximate surface area is 126 Å². The van der Waals surface area contributed by atoms with Crippen molar-refractivity contribution in [3.8, 4) is 5.75 Å². The van der Waals surface area contributed by atoms with Crippen LogP contribution in [0.3, 0.4) is 0 Å². The molecule has 2 nitrogen and oxygen atoms in total. The standard InChI is InChI=1S/C19H20O2/c1-19(2,3)21-17-12-9-15(10-13-17)11-14-18(20)16-7-5-4-6-8-16/h4-14H,1-3H3/b14-11+. The van der Waals surface area contributed by atoms with Gasteiger partial charge < -0.3 is 4.74 Å². The zero-order valence-corrected chi connectivity index (χ0v) is 12.7. The Morgan fingerprint density at radius 1 is 0.952 bits per heavy atom. The number of ketones is 1. The molecule has 0 aromatic heterocycles. The Kier molecular flexibility index (Phi) is 4.59. The van der Waals surface area contributed by atoms with Crippen LogP contribution < -0.4 is 4.74 Å². The van der Waals surface area contributed by atoms with Crippen LogP contribution >= 0.6 is 0 Å². The Bertz CT molecular complexity index is 617. The van der Waals surface area contributed by atoms with Crippen molar-refractivity contribution in [2.24, 2.45) is 0 Å². The molecule has 0 saturated heterocycles. The van der Waals surface area contributed by atoms with Crippen LogP contribution in [0.4, 0.5) is 0 Å². The van der Waals surface area contributed by atoms with E-state index in [-0.39, 0.29) is 11.4 Å². The highest BCUT2D eigenvalue weighted by molar-refractivity contribution is 6.06. The van der Waals surface area contributed by atoms with Gasteiger partial charge in [0.1, 0.15) is 11.4 Å². The van der Waals surface area contributed by atoms with Gasteiger partial charge in [-0.05, 0) is 44.5 Å². The third kappa shape index (κ3) is 4.92. The van der Waals surface area contributed by atoms with Gasteiger partial charge in [0.25, 0.3) is 0 Å². The highest BCUT2D eigenvalue weighted by Gasteiger charge is 2.11. The van der Waals surface area contributed by atoms with Crippen LogP contribution in [0.1, 0.15) is 36.7 Å². The number of hydrogen-bond donors (Lipinski definition) is 0. The summed E-state index contributed by atoms with van der Waals surface area (Å²) in [6.45, 7) is 6.04. The fourth-order valence-corrected chi connectivity index (χ4v) is 1.87. The fraction of sp³-hybridized carbons (Fsp3) is 0.211. The molecule has 0 atom stereocenters. The maximum absolute atomic E-state index is 12.0. The number of benzene rings is 2. The molecule has 0 saturated carbocycles. The van der Waals surface area contributed by atoms with Gasteiger partial charge in [0, 0.05) is 5.56 Å². The topological polar surface area (TPSA) is 26.3 Å². The summed E-state index contributed by atoms with van der Waals surface area (Å²) in [6.07, 6.45) is 3.41. The second kappa shape index (κ2) is 6.40. The zero-order chi connectivity index (χ0) is 15.3. The number of carbonyl (C=O) groups excluding carboxylic acids is 1. The summed E-state index contributed by atoms with van der Waals surface area (Å²) in [7, 11) is 0. The van der Waals surface area contributed by atoms with Crippen molar-refractivity contribution in [2.75, 3.05) is 0 Å². The highest BCUT2D eigenvalue weighted by atomic mass is 16.5. The lowest BCUT2D eigenvalue weighted by molar-refractivity contribution is 0.104. The molecular weight excluding hydrogens is 260 g/mol. The van der Waals surface area contributed by atoms with Crippen molar-refractivity contribution in [1.29, 1.82) is 0 Å². The van der Waals surface area contributed by atoms with E-state index in [1.165, 1.54) is 0 Å². The van der Waals surface area contributed by atoms with Gasteiger partial charge >= 0.3 is 0 Å². The van der Waals surface area contributed by atoms with Crippen molar-refractivity contribution in [1.82, 2.24) is 0 Å². The van der Waals surface area contributed by atoms with Gasteiger partial charge in [0.15, 0.2) is 5.78 Å². The molecule has 0 fully saturated rings. The molecule has 0 bridgehead atoms. The van der Waals surface area contributed by atoms with E-state index in [1.807, 2.05) is 81.4 Å². The van der Waals surface area contributed by atoms with Gasteiger partial charge in [-0.25, -0.2) is 0 Å². The lowest BCUT2D eigenvalue weighted by Crippen LogP contribution is -2.22. The average molecular weight is 280 g/mol. The second-order valence-electron chi connectivity index (χ2n) is 5.85. The fourth-order valence-electron chi connectivity index (χ4n) is 1.87. The molecule has 0 aliphatic carbocycles. The van der Waals surface area contributed by atoms with Crippen molar-refractivity contribution in [2.45, 2.75) is 26.4 Å². The van der Waals surface area contributed by atoms with Crippen LogP contribution in [0.2, 0.25) is 0 Å². The molecule has 0 unspecified atom stereocenters. The molecule has 0 N–H and O–H groups in total. The summed E-state index contributed by atoms with van der Waals surface area (Å²) < 4.78 is 5.76. The first-order valence-corrected chi connectivity index (χ1v) is 7.01. The Morgan fingerprint density at radius 3 is 2.14 bits per heavy atom. The van der Waals surface area contributed by atoms with Crippen LogP contribution in [0.25, 0.3) is 6.08 Å². The van der Waals surface area contributed by atoms with E-state index < -0.39 is 0 Å². The van der Waals surface area contributed by atoms with E-state index in [2.05, 4.69) is 0 Å². The summed E-state index contributed by atoms with van der Waals surface area (Å²) in [5, 5.41) is 0. The van der Waals surface area contributed by atoms with Crippen molar-refractivity contribution >= 4 is 11.9 Å². The summed E-state index contributed by atoms with van der Waals surface area (Å²) >= 11 is 0. The van der Waals surface area contributed by atoms with E-state index in [0.29, 0.717) is 5.56 Å². The molecular formula is C19H20O2. The van der Waals surface area contributed by atoms with Crippen molar-refractivity contribution in [3.63, 3.8) is 0 Å². The predicted molar refractivity (Wildman–Crippen MR) is 86.6 cm³/mol. The van der Waals surface area contributed by atoms with Gasteiger partial charge in [-0.15, -0.1) is 0 Å². The molecule has 0 aliphatic rings. The average Bonchev–Trinajstić information content (AvgIpc) is 2.45. The summed E-state index contributed by atoms with van der Waals surface area (Å²) in [4.78, 5) is 12.0. The molecule has 21 heavy (non-hydrogen) atoms. The summed E-state index contributed by atoms with van der Waals surface area (Å²) in [5.74, 6) is 0.833. The number of rotatable bonds is 4. The molecule has 2 aromatic carbocycles. The number of carbonyl (C=O) groups is 1. The van der Waals surface area contributed by atoms with Crippen molar-refractivity contribution in [3.05, 3.63) is 71.8 Å². The molecule has 0 aliphatic heterocycles. The van der Waals surface area contributed by atoms with Crippen LogP contribution in [0.5, 0.6) is 5.75 Å². The lowest BCUT2D eigenvalue weighted by Gasteiger charge is -2.21. The van der Waals surface area contributed by atoms with E-state index in [9.17, 15) is 4.79 Å². The summed E-state index contributed by atoms with van der Waals surface area (Å²) in [5.41, 5.74) is 1.46. The minimum atomic E-state index is -0.208. The van der Waals surface area contributed by atoms with E-state index >= 15 is 0 Å². The van der Waals surface area contributed by atoms with E-state index in [1.54, 1.807) is 6.08 Å². The highest BCUT2D eigenvalue weighted by Crippen LogP contribution is 2.19. The second-order valence-corrected chi connectivity index (χ2v) is 5.85. The molecule has 0 heterocycles. The largest absolute Gasteiger partial charge is 0.488 e. The number of hydrogen-bond acceptors (Lipinski definition) is 2. The van der Waals surface area contributed by atoms with Crippen LogP contribution in [-0.2, 0) is 0 Å². The third-order valence-corrected chi connectivity index (χ3v) is 2.79. The first kappa shape index (κ1) is 15.0. The molecule has 0 spiro atoms. The van der Waals surface area contributed by atoms with Crippen LogP contribution in [0, 0.1) is 0 Å². The smallest absolute Gasteiger partial charge is 0.185 e. The molecule has 2 rings (SSSR count). The molecule has 0 radical (unpaired) electrons. The quantitative estimate of drug-likeness (QED) is 0.596. The minimum absolute atomic E-state index is 0.00520. The van der Waals surface area contributed by atoms with E-state index in [0.717, 1.165) is 11.3 Å². The van der Waals surface area contributed by atoms with Gasteiger partial charge in [-0.3, -0.25) is 4.79 Å². The SMILES string of the molecule is CC(C)(C)Oc1ccc(/C=C/C(=O)c2ccccc2)cc1. The first-order chi connectivity index (χ1) is 9.94. The van der Waals surface area contributed by atoms with Gasteiger partial charge in [-0.1, -0.05) is 48.5 Å². The Morgan fingerprint density at radius 2 is 1.57 bits per heavy atom. The zero-order valence-electron chi connectivity index (χ0n) is 12.7. The predicted octanol–water partition coefficient (Wildman–Crippen LogP) is 4.76. The number of ether oxygens (including phenoxy) is 1. The molecule has 2 aromatic rings. The Hall–Kier alpha value is -2.35. The molecule has 0 amide bonds. The first-order valence-electron chi connectivity index (χ1n) is 7.01. The normalized spacial score (nSPS) is 11.6. The maximum Gasteiger partial charge on any atom is 0.185 e. The molecule has 108 valence electrons. The number of allylic oxidation sites excluding steroid dienone is 1. The third-order valence-electron chi connectivity index (χ3n) is 2.79. The maximum atomic E-state index is 12.0. The van der Waals surface area contributed by atoms with Crippen LogP contribution in [-0.4, -0.2) is 11.4 Å². The Balaban J connectivity index is 2.03. The van der Waals surface area contributed by atoms with Gasteiger partial charge in [-0.2, -0.15) is 0 Å². The van der Waals surface area contributed by atoms with Gasteiger partial charge in [0.05, 0.1) is 0 Å². The summed E-state index contributed by atoms with van der Waals surface area (Å²) in [6, 6.07) is 17.0. The van der Waals surface area contributed by atoms with Gasteiger partial charge in [0.2, 0.25) is 0 Å². The van der Waals surface area contributed by atoms with Crippen LogP contribution in [0.15, 0.2) is 60.7 Å².